The zero-order chi connectivity index (χ0) is 18.5. The summed E-state index contributed by atoms with van der Waals surface area (Å²) < 4.78 is 15.9. The van der Waals surface area contributed by atoms with Crippen LogP contribution in [0.5, 0.6) is 0 Å². The molecule has 0 unspecified atom stereocenters. The Morgan fingerprint density at radius 1 is 1.15 bits per heavy atom. The van der Waals surface area contributed by atoms with Gasteiger partial charge in [0.05, 0.1) is 5.69 Å². The van der Waals surface area contributed by atoms with Gasteiger partial charge in [-0.1, -0.05) is 30.3 Å². The van der Waals surface area contributed by atoms with Gasteiger partial charge in [0.15, 0.2) is 0 Å². The number of amides is 1. The third-order valence-corrected chi connectivity index (χ3v) is 4.14. The van der Waals surface area contributed by atoms with Crippen molar-refractivity contribution in [3.63, 3.8) is 0 Å². The highest BCUT2D eigenvalue weighted by Gasteiger charge is 2.25. The Morgan fingerprint density at radius 3 is 2.50 bits per heavy atom. The van der Waals surface area contributed by atoms with Crippen molar-refractivity contribution in [3.05, 3.63) is 83.9 Å². The average Bonchev–Trinajstić information content (AvgIpc) is 3.17. The molecule has 3 rings (SSSR count). The van der Waals surface area contributed by atoms with E-state index in [1.807, 2.05) is 36.5 Å². The molecule has 0 aliphatic carbocycles. The number of halogens is 1. The molecule has 1 heterocycles. The number of aromatic nitrogens is 2. The molecule has 1 amide bonds. The summed E-state index contributed by atoms with van der Waals surface area (Å²) in [5.74, 6) is -0.624. The van der Waals surface area contributed by atoms with Crippen molar-refractivity contribution >= 4 is 5.91 Å². The van der Waals surface area contributed by atoms with Gasteiger partial charge < -0.3 is 5.32 Å². The summed E-state index contributed by atoms with van der Waals surface area (Å²) in [7, 11) is 3.52. The fourth-order valence-electron chi connectivity index (χ4n) is 2.82. The van der Waals surface area contributed by atoms with E-state index >= 15 is 0 Å². The minimum atomic E-state index is -0.681. The zero-order valence-electron chi connectivity index (χ0n) is 14.8. The molecule has 0 aliphatic heterocycles. The molecule has 0 spiro atoms. The van der Waals surface area contributed by atoms with Crippen LogP contribution >= 0.6 is 0 Å². The van der Waals surface area contributed by atoms with Crippen LogP contribution in [0.15, 0.2) is 67.0 Å². The van der Waals surface area contributed by atoms with Gasteiger partial charge in [-0.15, -0.1) is 0 Å². The number of nitrogens with zero attached hydrogens (tertiary/aromatic N) is 3. The fraction of sp³-hybridized carbons (Fsp3) is 0.200. The van der Waals surface area contributed by atoms with E-state index < -0.39 is 6.04 Å². The van der Waals surface area contributed by atoms with Crippen LogP contribution in [0.3, 0.4) is 0 Å². The Hall–Kier alpha value is -2.99. The Morgan fingerprint density at radius 2 is 1.88 bits per heavy atom. The van der Waals surface area contributed by atoms with E-state index in [0.29, 0.717) is 12.1 Å². The standard InChI is InChI=1S/C20H21FN4O/c1-24(2)19(17-6-3-4-7-18(17)21)20(26)22-14-15-8-10-16(11-9-15)25-13-5-12-23-25/h3-13,19H,14H2,1-2H3,(H,22,26)/t19-/m1/s1. The lowest BCUT2D eigenvalue weighted by Gasteiger charge is -2.24. The number of likely N-dealkylation sites (N-methyl/N-ethyl adjacent to an activating group) is 1. The quantitative estimate of drug-likeness (QED) is 0.742. The van der Waals surface area contributed by atoms with Gasteiger partial charge in [-0.05, 0) is 43.9 Å². The summed E-state index contributed by atoms with van der Waals surface area (Å²) in [5, 5.41) is 7.07. The molecule has 0 saturated heterocycles. The number of hydrogen-bond acceptors (Lipinski definition) is 3. The predicted octanol–water partition coefficient (Wildman–Crippen LogP) is 2.93. The van der Waals surface area contributed by atoms with E-state index in [4.69, 9.17) is 0 Å². The molecule has 1 atom stereocenters. The van der Waals surface area contributed by atoms with Crippen LogP contribution in [0.25, 0.3) is 5.69 Å². The minimum absolute atomic E-state index is 0.240. The van der Waals surface area contributed by atoms with Gasteiger partial charge in [0.1, 0.15) is 11.9 Å². The van der Waals surface area contributed by atoms with E-state index in [1.54, 1.807) is 48.1 Å². The van der Waals surface area contributed by atoms with Crippen LogP contribution in [0.1, 0.15) is 17.2 Å². The molecular weight excluding hydrogens is 331 g/mol. The normalized spacial score (nSPS) is 12.2. The molecule has 0 aliphatic rings. The lowest BCUT2D eigenvalue weighted by Crippen LogP contribution is -2.37. The maximum Gasteiger partial charge on any atom is 0.242 e. The topological polar surface area (TPSA) is 50.2 Å². The Balaban J connectivity index is 1.68. The summed E-state index contributed by atoms with van der Waals surface area (Å²) in [6, 6.07) is 15.3. The lowest BCUT2D eigenvalue weighted by molar-refractivity contribution is -0.126. The van der Waals surface area contributed by atoms with E-state index in [9.17, 15) is 9.18 Å². The van der Waals surface area contributed by atoms with E-state index in [1.165, 1.54) is 6.07 Å². The van der Waals surface area contributed by atoms with Crippen molar-refractivity contribution in [1.82, 2.24) is 20.0 Å². The third kappa shape index (κ3) is 3.97. The Bertz CT molecular complexity index is 860. The molecule has 134 valence electrons. The molecule has 3 aromatic rings. The first-order chi connectivity index (χ1) is 12.6. The molecule has 0 radical (unpaired) electrons. The number of rotatable bonds is 6. The molecule has 0 bridgehead atoms. The van der Waals surface area contributed by atoms with Crippen molar-refractivity contribution in [2.75, 3.05) is 14.1 Å². The smallest absolute Gasteiger partial charge is 0.242 e. The van der Waals surface area contributed by atoms with Crippen LogP contribution in [0, 0.1) is 5.82 Å². The summed E-state index contributed by atoms with van der Waals surface area (Å²) in [5.41, 5.74) is 2.27. The first kappa shape index (κ1) is 17.8. The highest BCUT2D eigenvalue weighted by Crippen LogP contribution is 2.21. The van der Waals surface area contributed by atoms with Crippen molar-refractivity contribution in [3.8, 4) is 5.69 Å². The van der Waals surface area contributed by atoms with E-state index in [0.717, 1.165) is 11.3 Å². The van der Waals surface area contributed by atoms with Crippen molar-refractivity contribution < 1.29 is 9.18 Å². The summed E-state index contributed by atoms with van der Waals surface area (Å²) >= 11 is 0. The number of carbonyl (C=O) groups excluding carboxylic acids is 1. The molecule has 0 fully saturated rings. The first-order valence-corrected chi connectivity index (χ1v) is 8.34. The van der Waals surface area contributed by atoms with Gasteiger partial charge >= 0.3 is 0 Å². The first-order valence-electron chi connectivity index (χ1n) is 8.34. The maximum absolute atomic E-state index is 14.1. The predicted molar refractivity (Wildman–Crippen MR) is 98.2 cm³/mol. The van der Waals surface area contributed by atoms with Gasteiger partial charge in [-0.2, -0.15) is 5.10 Å². The van der Waals surface area contributed by atoms with Crippen LogP contribution < -0.4 is 5.32 Å². The minimum Gasteiger partial charge on any atom is -0.350 e. The van der Waals surface area contributed by atoms with Gasteiger partial charge in [0.2, 0.25) is 5.91 Å². The van der Waals surface area contributed by atoms with Crippen LogP contribution in [-0.2, 0) is 11.3 Å². The zero-order valence-corrected chi connectivity index (χ0v) is 14.8. The van der Waals surface area contributed by atoms with Crippen molar-refractivity contribution in [2.45, 2.75) is 12.6 Å². The monoisotopic (exact) mass is 352 g/mol. The number of hydrogen-bond donors (Lipinski definition) is 1. The van der Waals surface area contributed by atoms with Crippen molar-refractivity contribution in [2.24, 2.45) is 0 Å². The third-order valence-electron chi connectivity index (χ3n) is 4.14. The highest BCUT2D eigenvalue weighted by molar-refractivity contribution is 5.83. The fourth-order valence-corrected chi connectivity index (χ4v) is 2.82. The van der Waals surface area contributed by atoms with Crippen LogP contribution in [-0.4, -0.2) is 34.7 Å². The molecule has 6 heteroatoms. The number of benzene rings is 2. The van der Waals surface area contributed by atoms with Crippen LogP contribution in [0.4, 0.5) is 4.39 Å². The van der Waals surface area contributed by atoms with Gasteiger partial charge in [0, 0.05) is 24.5 Å². The second kappa shape index (κ2) is 7.93. The molecular formula is C20H21FN4O. The number of nitrogens with one attached hydrogen (secondary N) is 1. The average molecular weight is 352 g/mol. The summed E-state index contributed by atoms with van der Waals surface area (Å²) in [6.45, 7) is 0.372. The summed E-state index contributed by atoms with van der Waals surface area (Å²) in [6.07, 6.45) is 3.59. The lowest BCUT2D eigenvalue weighted by atomic mass is 10.0. The Labute approximate surface area is 152 Å². The van der Waals surface area contributed by atoms with Gasteiger partial charge in [0.25, 0.3) is 0 Å². The number of carbonyl (C=O) groups is 1. The maximum atomic E-state index is 14.1. The molecule has 2 aromatic carbocycles. The summed E-state index contributed by atoms with van der Waals surface area (Å²) in [4.78, 5) is 14.3. The largest absolute Gasteiger partial charge is 0.350 e. The second-order valence-corrected chi connectivity index (χ2v) is 6.22. The molecule has 0 saturated carbocycles. The molecule has 5 nitrogen and oxygen atoms in total. The van der Waals surface area contributed by atoms with Crippen LogP contribution in [0.2, 0.25) is 0 Å². The van der Waals surface area contributed by atoms with E-state index in [-0.39, 0.29) is 11.7 Å². The van der Waals surface area contributed by atoms with Crippen molar-refractivity contribution in [1.29, 1.82) is 0 Å². The molecule has 1 aromatic heterocycles. The highest BCUT2D eigenvalue weighted by atomic mass is 19.1. The van der Waals surface area contributed by atoms with E-state index in [2.05, 4.69) is 10.4 Å². The Kier molecular flexibility index (Phi) is 5.43. The molecule has 26 heavy (non-hydrogen) atoms. The van der Waals surface area contributed by atoms with Gasteiger partial charge in [-0.25, -0.2) is 9.07 Å². The second-order valence-electron chi connectivity index (χ2n) is 6.22. The SMILES string of the molecule is CN(C)[C@@H](C(=O)NCc1ccc(-n2cccn2)cc1)c1ccccc1F. The van der Waals surface area contributed by atoms with Gasteiger partial charge in [-0.3, -0.25) is 9.69 Å². The molecule has 1 N–H and O–H groups in total.